The van der Waals surface area contributed by atoms with Crippen LogP contribution >= 0.6 is 24.0 Å². The summed E-state index contributed by atoms with van der Waals surface area (Å²) in [5, 5.41) is 16.1. The van der Waals surface area contributed by atoms with Crippen LogP contribution in [0, 0.1) is 10.8 Å². The fraction of sp³-hybridized carbons (Fsp3) is 0.941. The molecule has 0 amide bonds. The van der Waals surface area contributed by atoms with Crippen molar-refractivity contribution in [3.05, 3.63) is 0 Å². The summed E-state index contributed by atoms with van der Waals surface area (Å²) in [5.74, 6) is 0.839. The highest BCUT2D eigenvalue weighted by molar-refractivity contribution is 14.0. The Kier molecular flexibility index (Phi) is 11.4. The number of halogens is 1. The second kappa shape index (κ2) is 11.5. The molecule has 1 fully saturated rings. The predicted molar refractivity (Wildman–Crippen MR) is 108 cm³/mol. The molecule has 1 aliphatic heterocycles. The molecule has 3 N–H and O–H groups in total. The van der Waals surface area contributed by atoms with E-state index in [9.17, 15) is 5.11 Å². The lowest BCUT2D eigenvalue weighted by Gasteiger charge is -2.40. The average molecular weight is 441 g/mol. The summed E-state index contributed by atoms with van der Waals surface area (Å²) >= 11 is 0. The molecule has 0 bridgehead atoms. The SMILES string of the molecule is CCCCCC(C)(C)CN=C(NCC)NCC1(CO)COC1.I. The van der Waals surface area contributed by atoms with E-state index in [4.69, 9.17) is 9.73 Å². The van der Waals surface area contributed by atoms with Gasteiger partial charge in [0.25, 0.3) is 0 Å². The van der Waals surface area contributed by atoms with E-state index in [1.54, 1.807) is 0 Å². The summed E-state index contributed by atoms with van der Waals surface area (Å²) in [7, 11) is 0. The van der Waals surface area contributed by atoms with Gasteiger partial charge >= 0.3 is 0 Å². The van der Waals surface area contributed by atoms with Crippen LogP contribution in [-0.4, -0.2) is 50.5 Å². The van der Waals surface area contributed by atoms with Crippen LogP contribution in [-0.2, 0) is 4.74 Å². The van der Waals surface area contributed by atoms with Crippen LogP contribution in [0.15, 0.2) is 4.99 Å². The van der Waals surface area contributed by atoms with E-state index in [0.29, 0.717) is 19.8 Å². The van der Waals surface area contributed by atoms with Crippen LogP contribution < -0.4 is 10.6 Å². The summed E-state index contributed by atoms with van der Waals surface area (Å²) in [6, 6.07) is 0. The van der Waals surface area contributed by atoms with Crippen molar-refractivity contribution in [2.45, 2.75) is 53.4 Å². The Labute approximate surface area is 159 Å². The molecule has 0 saturated carbocycles. The first-order valence-electron chi connectivity index (χ1n) is 8.68. The lowest BCUT2D eigenvalue weighted by atomic mass is 9.87. The molecule has 0 aliphatic carbocycles. The molecule has 1 aliphatic rings. The number of ether oxygens (including phenoxy) is 1. The minimum absolute atomic E-state index is 0. The van der Waals surface area contributed by atoms with E-state index < -0.39 is 0 Å². The zero-order chi connectivity index (χ0) is 16.5. The fourth-order valence-electron chi connectivity index (χ4n) is 2.48. The predicted octanol–water partition coefficient (Wildman–Crippen LogP) is 2.77. The molecule has 0 aromatic rings. The molecule has 0 unspecified atom stereocenters. The zero-order valence-electron chi connectivity index (χ0n) is 15.3. The van der Waals surface area contributed by atoms with Crippen molar-refractivity contribution >= 4 is 29.9 Å². The standard InChI is InChI=1S/C17H35N3O2.HI/c1-5-7-8-9-16(3,4)10-19-15(18-6-2)20-11-17(12-21)13-22-14-17;/h21H,5-14H2,1-4H3,(H2,18,19,20);1H. The van der Waals surface area contributed by atoms with Crippen LogP contribution in [0.2, 0.25) is 0 Å². The van der Waals surface area contributed by atoms with E-state index in [1.165, 1.54) is 25.7 Å². The summed E-state index contributed by atoms with van der Waals surface area (Å²) in [6.45, 7) is 12.6. The van der Waals surface area contributed by atoms with Gasteiger partial charge in [0.05, 0.1) is 25.2 Å². The summed E-state index contributed by atoms with van der Waals surface area (Å²) in [6.07, 6.45) is 5.03. The number of hydrogen-bond donors (Lipinski definition) is 3. The summed E-state index contributed by atoms with van der Waals surface area (Å²) < 4.78 is 5.23. The minimum atomic E-state index is -0.132. The molecule has 138 valence electrons. The van der Waals surface area contributed by atoms with Crippen molar-refractivity contribution < 1.29 is 9.84 Å². The first kappa shape index (κ1) is 22.9. The monoisotopic (exact) mass is 441 g/mol. The smallest absolute Gasteiger partial charge is 0.191 e. The normalized spacial score (nSPS) is 17.2. The van der Waals surface area contributed by atoms with Crippen molar-refractivity contribution in [3.63, 3.8) is 0 Å². The topological polar surface area (TPSA) is 65.9 Å². The van der Waals surface area contributed by atoms with E-state index in [1.807, 2.05) is 0 Å². The van der Waals surface area contributed by atoms with Crippen molar-refractivity contribution in [3.8, 4) is 0 Å². The van der Waals surface area contributed by atoms with Gasteiger partial charge in [0.1, 0.15) is 0 Å². The van der Waals surface area contributed by atoms with Crippen LogP contribution in [0.25, 0.3) is 0 Å². The van der Waals surface area contributed by atoms with Crippen LogP contribution in [0.4, 0.5) is 0 Å². The molecule has 0 radical (unpaired) electrons. The molecule has 0 atom stereocenters. The number of rotatable bonds is 10. The first-order valence-corrected chi connectivity index (χ1v) is 8.68. The molecule has 23 heavy (non-hydrogen) atoms. The number of aliphatic hydroxyl groups is 1. The number of guanidine groups is 1. The van der Waals surface area contributed by atoms with Crippen molar-refractivity contribution in [2.75, 3.05) is 39.5 Å². The van der Waals surface area contributed by atoms with Gasteiger partial charge in [-0.3, -0.25) is 4.99 Å². The maximum atomic E-state index is 9.48. The maximum Gasteiger partial charge on any atom is 0.191 e. The highest BCUT2D eigenvalue weighted by Crippen LogP contribution is 2.26. The van der Waals surface area contributed by atoms with Gasteiger partial charge in [-0.05, 0) is 18.8 Å². The second-order valence-electron chi connectivity index (χ2n) is 7.32. The average Bonchev–Trinajstić information content (AvgIpc) is 2.44. The van der Waals surface area contributed by atoms with Crippen LogP contribution in [0.3, 0.4) is 0 Å². The van der Waals surface area contributed by atoms with Gasteiger partial charge in [0.15, 0.2) is 5.96 Å². The van der Waals surface area contributed by atoms with E-state index in [-0.39, 0.29) is 41.4 Å². The summed E-state index contributed by atoms with van der Waals surface area (Å²) in [5.41, 5.74) is 0.0958. The largest absolute Gasteiger partial charge is 0.396 e. The number of hydrogen-bond acceptors (Lipinski definition) is 3. The molecular weight excluding hydrogens is 405 g/mol. The Hall–Kier alpha value is -0.0800. The number of nitrogens with one attached hydrogen (secondary N) is 2. The molecule has 1 saturated heterocycles. The first-order chi connectivity index (χ1) is 10.5. The molecule has 5 nitrogen and oxygen atoms in total. The number of aliphatic hydroxyl groups excluding tert-OH is 1. The quantitative estimate of drug-likeness (QED) is 0.211. The number of aliphatic imine (C=N–C) groups is 1. The Morgan fingerprint density at radius 2 is 1.91 bits per heavy atom. The number of nitrogens with zero attached hydrogens (tertiary/aromatic N) is 1. The molecular formula is C17H36IN3O2. The lowest BCUT2D eigenvalue weighted by molar-refractivity contribution is -0.132. The van der Waals surface area contributed by atoms with Gasteiger partial charge < -0.3 is 20.5 Å². The Bertz CT molecular complexity index is 339. The van der Waals surface area contributed by atoms with Crippen molar-refractivity contribution in [2.24, 2.45) is 15.8 Å². The molecule has 1 rings (SSSR count). The van der Waals surface area contributed by atoms with Crippen molar-refractivity contribution in [1.29, 1.82) is 0 Å². The third kappa shape index (κ3) is 8.54. The van der Waals surface area contributed by atoms with Gasteiger partial charge in [0.2, 0.25) is 0 Å². The van der Waals surface area contributed by atoms with Crippen LogP contribution in [0.1, 0.15) is 53.4 Å². The van der Waals surface area contributed by atoms with Gasteiger partial charge in [-0.25, -0.2) is 0 Å². The summed E-state index contributed by atoms with van der Waals surface area (Å²) in [4.78, 5) is 4.73. The van der Waals surface area contributed by atoms with E-state index in [0.717, 1.165) is 19.0 Å². The number of unbranched alkanes of at least 4 members (excludes halogenated alkanes) is 2. The maximum absolute atomic E-state index is 9.48. The third-order valence-corrected chi connectivity index (χ3v) is 4.25. The van der Waals surface area contributed by atoms with E-state index >= 15 is 0 Å². The van der Waals surface area contributed by atoms with Gasteiger partial charge in [-0.1, -0.05) is 40.0 Å². The minimum Gasteiger partial charge on any atom is -0.396 e. The molecule has 6 heteroatoms. The van der Waals surface area contributed by atoms with Crippen molar-refractivity contribution in [1.82, 2.24) is 10.6 Å². The zero-order valence-corrected chi connectivity index (χ0v) is 17.6. The molecule has 0 aromatic heterocycles. The van der Waals surface area contributed by atoms with Gasteiger partial charge in [0, 0.05) is 19.6 Å². The van der Waals surface area contributed by atoms with Crippen LogP contribution in [0.5, 0.6) is 0 Å². The fourth-order valence-corrected chi connectivity index (χ4v) is 2.48. The van der Waals surface area contributed by atoms with Gasteiger partial charge in [-0.15, -0.1) is 24.0 Å². The molecule has 1 heterocycles. The van der Waals surface area contributed by atoms with E-state index in [2.05, 4.69) is 38.3 Å². The Morgan fingerprint density at radius 1 is 1.22 bits per heavy atom. The van der Waals surface area contributed by atoms with Gasteiger partial charge in [-0.2, -0.15) is 0 Å². The second-order valence-corrected chi connectivity index (χ2v) is 7.32. The Balaban J connectivity index is 0.00000484. The molecule has 0 aromatic carbocycles. The third-order valence-electron chi connectivity index (χ3n) is 4.25. The lowest BCUT2D eigenvalue weighted by Crippen LogP contribution is -2.54. The highest BCUT2D eigenvalue weighted by atomic mass is 127. The highest BCUT2D eigenvalue weighted by Gasteiger charge is 2.38. The molecule has 0 spiro atoms. The Morgan fingerprint density at radius 3 is 2.39 bits per heavy atom.